The molecule has 0 radical (unpaired) electrons. The Morgan fingerprint density at radius 3 is 2.00 bits per heavy atom. The van der Waals surface area contributed by atoms with Crippen LogP contribution in [0.4, 0.5) is 0 Å². The first-order valence-corrected chi connectivity index (χ1v) is 24.3. The largest absolute Gasteiger partial charge is 0.481 e. The second-order valence-corrected chi connectivity index (χ2v) is 19.2. The van der Waals surface area contributed by atoms with Crippen LogP contribution in [0.25, 0.3) is 0 Å². The van der Waals surface area contributed by atoms with Crippen LogP contribution in [0.5, 0.6) is 0 Å². The Morgan fingerprint density at radius 2 is 1.37 bits per heavy atom. The zero-order valence-electron chi connectivity index (χ0n) is 40.2. The number of carboxylic acids is 1. The number of benzene rings is 2. The molecule has 10 atom stereocenters. The first-order chi connectivity index (χ1) is 33.3. The average molecular weight is 974 g/mol. The van der Waals surface area contributed by atoms with Gasteiger partial charge in [0, 0.05) is 58.8 Å². The molecule has 6 N–H and O–H groups in total. The zero-order valence-corrected chi connectivity index (χ0v) is 40.2. The Morgan fingerprint density at radius 1 is 0.771 bits per heavy atom. The van der Waals surface area contributed by atoms with Crippen LogP contribution in [-0.2, 0) is 60.7 Å². The number of aliphatic carboxylic acids is 1. The van der Waals surface area contributed by atoms with E-state index in [0.29, 0.717) is 24.0 Å². The molecule has 0 aliphatic carbocycles. The van der Waals surface area contributed by atoms with Crippen molar-refractivity contribution in [3.8, 4) is 0 Å². The first kappa shape index (κ1) is 53.0. The normalized spacial score (nSPS) is 27.2. The number of ether oxygens (including phenoxy) is 1. The van der Waals surface area contributed by atoms with Gasteiger partial charge < -0.3 is 55.6 Å². The smallest absolute Gasteiger partial charge is 0.329 e. The highest BCUT2D eigenvalue weighted by Gasteiger charge is 2.46. The Balaban J connectivity index is 1.37. The van der Waals surface area contributed by atoms with Crippen LogP contribution < -0.4 is 16.0 Å². The molecular formula is C50H67N7O13. The summed E-state index contributed by atoms with van der Waals surface area (Å²) in [6, 6.07) is 9.54. The Kier molecular flexibility index (Phi) is 18.1. The molecule has 7 amide bonds. The molecule has 380 valence electrons. The number of cyclic esters (lactones) is 1. The van der Waals surface area contributed by atoms with Gasteiger partial charge in [0.2, 0.25) is 41.4 Å². The second-order valence-electron chi connectivity index (χ2n) is 19.2. The van der Waals surface area contributed by atoms with Gasteiger partial charge >= 0.3 is 11.9 Å². The number of piperidine rings is 3. The molecule has 0 spiro atoms. The summed E-state index contributed by atoms with van der Waals surface area (Å²) in [4.78, 5) is 132. The maximum Gasteiger partial charge on any atom is 0.329 e. The van der Waals surface area contributed by atoms with Crippen LogP contribution in [0.1, 0.15) is 83.3 Å². The third-order valence-corrected chi connectivity index (χ3v) is 14.0. The van der Waals surface area contributed by atoms with Crippen LogP contribution in [0.3, 0.4) is 0 Å². The lowest BCUT2D eigenvalue weighted by molar-refractivity contribution is -0.168. The number of nitrogens with one attached hydrogen (secondary N) is 3. The molecule has 4 saturated heterocycles. The highest BCUT2D eigenvalue weighted by Crippen LogP contribution is 2.28. The van der Waals surface area contributed by atoms with Crippen LogP contribution in [0.15, 0.2) is 60.7 Å². The van der Waals surface area contributed by atoms with Gasteiger partial charge in [-0.05, 0) is 56.1 Å². The molecule has 4 fully saturated rings. The van der Waals surface area contributed by atoms with Crippen molar-refractivity contribution >= 4 is 53.3 Å². The molecule has 4 heterocycles. The van der Waals surface area contributed by atoms with Gasteiger partial charge in [-0.3, -0.25) is 38.4 Å². The summed E-state index contributed by atoms with van der Waals surface area (Å²) in [6.45, 7) is 3.90. The van der Waals surface area contributed by atoms with E-state index in [2.05, 4.69) is 16.0 Å². The summed E-state index contributed by atoms with van der Waals surface area (Å²) in [6.07, 6.45) is -2.90. The average Bonchev–Trinajstić information content (AvgIpc) is 3.34. The van der Waals surface area contributed by atoms with Crippen molar-refractivity contribution in [3.05, 3.63) is 71.8 Å². The Bertz CT molecular complexity index is 2230. The molecule has 4 aliphatic heterocycles. The van der Waals surface area contributed by atoms with E-state index in [9.17, 15) is 58.5 Å². The highest BCUT2D eigenvalue weighted by molar-refractivity contribution is 5.98. The molecule has 20 heteroatoms. The van der Waals surface area contributed by atoms with Crippen LogP contribution >= 0.6 is 0 Å². The van der Waals surface area contributed by atoms with E-state index in [-0.39, 0.29) is 64.6 Å². The minimum Gasteiger partial charge on any atom is -0.481 e. The Labute approximate surface area is 407 Å². The van der Waals surface area contributed by atoms with Crippen molar-refractivity contribution in [1.29, 1.82) is 0 Å². The molecule has 0 aromatic heterocycles. The summed E-state index contributed by atoms with van der Waals surface area (Å²) in [7, 11) is 1.34. The quantitative estimate of drug-likeness (QED) is 0.164. The molecular weight excluding hydrogens is 907 g/mol. The minimum atomic E-state index is -1.75. The fourth-order valence-electron chi connectivity index (χ4n) is 9.80. The van der Waals surface area contributed by atoms with E-state index in [1.807, 2.05) is 0 Å². The summed E-state index contributed by atoms with van der Waals surface area (Å²) < 4.78 is 5.93. The number of carboxylic acid groups (broad SMARTS) is 1. The molecule has 0 saturated carbocycles. The van der Waals surface area contributed by atoms with E-state index >= 15 is 0 Å². The molecule has 4 aliphatic rings. The lowest BCUT2D eigenvalue weighted by atomic mass is 9.91. The van der Waals surface area contributed by atoms with Gasteiger partial charge in [0.15, 0.2) is 0 Å². The van der Waals surface area contributed by atoms with E-state index in [0.717, 1.165) is 4.90 Å². The van der Waals surface area contributed by atoms with E-state index in [4.69, 9.17) is 4.74 Å². The highest BCUT2D eigenvalue weighted by atomic mass is 16.5. The minimum absolute atomic E-state index is 0.0227. The summed E-state index contributed by atoms with van der Waals surface area (Å²) in [5.74, 6) is -8.86. The maximum atomic E-state index is 14.8. The van der Waals surface area contributed by atoms with Gasteiger partial charge in [0.25, 0.3) is 0 Å². The topological polar surface area (TPSA) is 273 Å². The molecule has 0 unspecified atom stereocenters. The number of nitrogens with zero attached hydrogens (tertiary/aromatic N) is 4. The SMILES string of the molecule is CC(C)[C@H](CC(=O)N(C)[C@H](Cc1ccccc1)C(=O)N[C@@H]1C(=O)NCC(=O)N2CC[C@@H](O)C[C@H]2C(=O)N[C@H](Cc2ccccc2)C(=O)N2CCCC[C@H]2C(=O)N2CC[C@H](O)C[C@H]2C(=O)O[C@@H]1C)C(=O)O. The molecule has 20 nitrogen and oxygen atoms in total. The zero-order chi connectivity index (χ0) is 50.8. The number of fused-ring (bicyclic) bond motifs is 3. The van der Waals surface area contributed by atoms with Gasteiger partial charge in [0.1, 0.15) is 42.4 Å². The first-order valence-electron chi connectivity index (χ1n) is 24.3. The molecule has 6 rings (SSSR count). The van der Waals surface area contributed by atoms with Crippen molar-refractivity contribution < 1.29 is 63.2 Å². The third kappa shape index (κ3) is 13.1. The van der Waals surface area contributed by atoms with Gasteiger partial charge in [-0.15, -0.1) is 0 Å². The van der Waals surface area contributed by atoms with Gasteiger partial charge in [-0.25, -0.2) is 4.79 Å². The van der Waals surface area contributed by atoms with E-state index in [1.54, 1.807) is 74.5 Å². The second kappa shape index (κ2) is 23.9. The molecule has 2 aromatic rings. The number of amides is 7. The lowest BCUT2D eigenvalue weighted by Crippen LogP contribution is -2.63. The molecule has 2 aromatic carbocycles. The van der Waals surface area contributed by atoms with E-state index < -0.39 is 133 Å². The van der Waals surface area contributed by atoms with Crippen molar-refractivity contribution in [2.75, 3.05) is 33.2 Å². The van der Waals surface area contributed by atoms with Crippen LogP contribution in [-0.4, -0.2) is 176 Å². The number of esters is 1. The monoisotopic (exact) mass is 973 g/mol. The third-order valence-electron chi connectivity index (χ3n) is 14.0. The number of hydrogen-bond acceptors (Lipinski definition) is 12. The molecule has 70 heavy (non-hydrogen) atoms. The van der Waals surface area contributed by atoms with Crippen molar-refractivity contribution in [3.63, 3.8) is 0 Å². The molecule has 0 bridgehead atoms. The number of hydrogen-bond donors (Lipinski definition) is 6. The fourth-order valence-corrected chi connectivity index (χ4v) is 9.80. The summed E-state index contributed by atoms with van der Waals surface area (Å²) >= 11 is 0. The Hall–Kier alpha value is -6.41. The number of rotatable bonds is 11. The maximum absolute atomic E-state index is 14.8. The van der Waals surface area contributed by atoms with Crippen molar-refractivity contribution in [2.45, 2.75) is 140 Å². The van der Waals surface area contributed by atoms with E-state index in [1.165, 1.54) is 28.7 Å². The number of carbonyl (C=O) groups is 9. The van der Waals surface area contributed by atoms with Gasteiger partial charge in [-0.2, -0.15) is 0 Å². The summed E-state index contributed by atoms with van der Waals surface area (Å²) in [5, 5.41) is 39.5. The number of carbonyl (C=O) groups excluding carboxylic acids is 8. The van der Waals surface area contributed by atoms with Crippen molar-refractivity contribution in [1.82, 2.24) is 35.6 Å². The number of aliphatic hydroxyl groups excluding tert-OH is 2. The number of aliphatic hydroxyl groups is 2. The van der Waals surface area contributed by atoms with Crippen molar-refractivity contribution in [2.24, 2.45) is 11.8 Å². The predicted octanol–water partition coefficient (Wildman–Crippen LogP) is 0.162. The lowest BCUT2D eigenvalue weighted by Gasteiger charge is -2.43. The standard InChI is InChI=1S/C50H67N7O13/c1-29(2)35(49(67)68)27-41(60)54(4)38(24-32-15-9-6-10-16-32)44(62)53-43-30(3)70-50(69)40-26-34(59)19-22-57(40)48(66)37-17-11-12-20-56(37)47(65)36(23-31-13-7-5-8-14-31)52-45(63)39-25-33(58)18-21-55(39)42(61)28-51-46(43)64/h5-10,13-16,29-30,33-40,43,58-59H,11-12,17-28H2,1-4H3,(H,51,64)(H,52,63)(H,53,62)(H,67,68)/t30-,33-,34+,35+,36-,37+,38-,39+,40+,43+/m1/s1. The summed E-state index contributed by atoms with van der Waals surface area (Å²) in [5.41, 5.74) is 1.32. The van der Waals surface area contributed by atoms with Gasteiger partial charge in [-0.1, -0.05) is 74.5 Å². The van der Waals surface area contributed by atoms with Crippen LogP contribution in [0, 0.1) is 11.8 Å². The van der Waals surface area contributed by atoms with Crippen LogP contribution in [0.2, 0.25) is 0 Å². The predicted molar refractivity (Wildman–Crippen MR) is 251 cm³/mol. The fraction of sp³-hybridized carbons (Fsp3) is 0.580. The van der Waals surface area contributed by atoms with Gasteiger partial charge in [0.05, 0.1) is 24.7 Å². The number of likely N-dealkylation sites (N-methyl/N-ethyl adjacent to an activating group) is 1.